The molecule has 1 aromatic heterocycles. The van der Waals surface area contributed by atoms with Gasteiger partial charge < -0.3 is 5.11 Å². The molecule has 1 aliphatic heterocycles. The average Bonchev–Trinajstić information content (AvgIpc) is 3.25. The normalized spacial score (nSPS) is 15.0. The summed E-state index contributed by atoms with van der Waals surface area (Å²) >= 11 is 5.68. The Kier molecular flexibility index (Phi) is 7.23. The minimum absolute atomic E-state index is 0.367. The van der Waals surface area contributed by atoms with Crippen LogP contribution in [-0.2, 0) is 13.1 Å². The Morgan fingerprint density at radius 3 is 2.12 bits per heavy atom. The molecule has 1 aliphatic rings. The van der Waals surface area contributed by atoms with Gasteiger partial charge in [0.2, 0.25) is 0 Å². The molecular weight excluding hydrogens is 477 g/mol. The van der Waals surface area contributed by atoms with Crippen LogP contribution in [0.2, 0.25) is 0 Å². The molecular formula is C28H28N2OS3. The molecule has 34 heavy (non-hydrogen) atoms. The van der Waals surface area contributed by atoms with Gasteiger partial charge in [-0.1, -0.05) is 87.5 Å². The maximum atomic E-state index is 10.6. The van der Waals surface area contributed by atoms with Gasteiger partial charge in [0.25, 0.3) is 0 Å². The van der Waals surface area contributed by atoms with Crippen molar-refractivity contribution < 1.29 is 5.11 Å². The molecule has 0 spiro atoms. The maximum absolute atomic E-state index is 10.6. The summed E-state index contributed by atoms with van der Waals surface area (Å²) in [5.41, 5.74) is 7.16. The van der Waals surface area contributed by atoms with Crippen molar-refractivity contribution in [1.29, 1.82) is 0 Å². The third-order valence-corrected chi connectivity index (χ3v) is 9.62. The number of aryl methyl sites for hydroxylation is 1. The Morgan fingerprint density at radius 1 is 0.765 bits per heavy atom. The molecule has 174 valence electrons. The van der Waals surface area contributed by atoms with Gasteiger partial charge in [-0.15, -0.1) is 0 Å². The number of piperazine rings is 1. The molecule has 0 unspecified atom stereocenters. The van der Waals surface area contributed by atoms with E-state index in [0.717, 1.165) is 65.3 Å². The largest absolute Gasteiger partial charge is 0.508 e. The number of hydrogen-bond donors (Lipinski definition) is 1. The standard InChI is InChI=1S/C28H28N2OS3/c1-20-7-5-6-10-23(20)18-29-13-15-30(16-14-29)19-24-17-22(11-12-25(24)31)27-26(28(32)34-33-27)21-8-3-2-4-9-21/h2-12,17,31H,13-16,18-19H2,1H3. The van der Waals surface area contributed by atoms with Crippen LogP contribution in [0.15, 0.2) is 72.8 Å². The molecule has 0 radical (unpaired) electrons. The molecule has 0 amide bonds. The molecule has 0 aliphatic carbocycles. The van der Waals surface area contributed by atoms with Crippen LogP contribution in [0.4, 0.5) is 0 Å². The Balaban J connectivity index is 1.30. The van der Waals surface area contributed by atoms with Crippen molar-refractivity contribution in [3.63, 3.8) is 0 Å². The summed E-state index contributed by atoms with van der Waals surface area (Å²) < 4.78 is 0.922. The lowest BCUT2D eigenvalue weighted by Crippen LogP contribution is -2.45. The van der Waals surface area contributed by atoms with Gasteiger partial charge in [0.15, 0.2) is 0 Å². The molecule has 0 bridgehead atoms. The topological polar surface area (TPSA) is 26.7 Å². The lowest BCUT2D eigenvalue weighted by molar-refractivity contribution is 0.121. The van der Waals surface area contributed by atoms with Crippen LogP contribution >= 0.6 is 32.9 Å². The van der Waals surface area contributed by atoms with Gasteiger partial charge in [-0.25, -0.2) is 0 Å². The summed E-state index contributed by atoms with van der Waals surface area (Å²) in [4.78, 5) is 6.16. The number of phenols is 1. The molecule has 2 heterocycles. The predicted octanol–water partition coefficient (Wildman–Crippen LogP) is 7.20. The van der Waals surface area contributed by atoms with E-state index in [2.05, 4.69) is 71.3 Å². The first-order chi connectivity index (χ1) is 16.6. The first-order valence-corrected chi connectivity index (χ1v) is 14.1. The van der Waals surface area contributed by atoms with E-state index in [0.29, 0.717) is 5.75 Å². The van der Waals surface area contributed by atoms with Crippen molar-refractivity contribution in [1.82, 2.24) is 9.80 Å². The fourth-order valence-electron chi connectivity index (χ4n) is 4.53. The van der Waals surface area contributed by atoms with E-state index < -0.39 is 0 Å². The van der Waals surface area contributed by atoms with Crippen molar-refractivity contribution in [2.75, 3.05) is 26.2 Å². The first kappa shape index (κ1) is 23.4. The summed E-state index contributed by atoms with van der Waals surface area (Å²) in [5, 5.41) is 10.6. The van der Waals surface area contributed by atoms with Crippen LogP contribution in [0, 0.1) is 10.7 Å². The van der Waals surface area contributed by atoms with E-state index >= 15 is 0 Å². The second kappa shape index (κ2) is 10.5. The molecule has 3 nitrogen and oxygen atoms in total. The minimum atomic E-state index is 0.367. The summed E-state index contributed by atoms with van der Waals surface area (Å²) in [6.45, 7) is 8.04. The molecule has 6 heteroatoms. The first-order valence-electron chi connectivity index (χ1n) is 11.6. The molecule has 5 rings (SSSR count). The monoisotopic (exact) mass is 504 g/mol. The number of nitrogens with zero attached hydrogens (tertiary/aromatic N) is 2. The number of benzene rings is 3. The fourth-order valence-corrected chi connectivity index (χ4v) is 7.44. The number of phenolic OH excluding ortho intramolecular Hbond substituents is 1. The average molecular weight is 505 g/mol. The Labute approximate surface area is 213 Å². The van der Waals surface area contributed by atoms with Gasteiger partial charge in [0.1, 0.15) is 9.57 Å². The van der Waals surface area contributed by atoms with E-state index in [1.165, 1.54) is 16.0 Å². The second-order valence-corrected chi connectivity index (χ2v) is 11.7. The predicted molar refractivity (Wildman–Crippen MR) is 147 cm³/mol. The maximum Gasteiger partial charge on any atom is 0.120 e. The van der Waals surface area contributed by atoms with Crippen LogP contribution in [-0.4, -0.2) is 41.1 Å². The summed E-state index contributed by atoms with van der Waals surface area (Å²) in [6.07, 6.45) is 0. The van der Waals surface area contributed by atoms with Crippen molar-refractivity contribution >= 4 is 32.9 Å². The quantitative estimate of drug-likeness (QED) is 0.222. The van der Waals surface area contributed by atoms with Gasteiger partial charge in [0.05, 0.1) is 4.88 Å². The third-order valence-electron chi connectivity index (χ3n) is 6.55. The second-order valence-electron chi connectivity index (χ2n) is 8.85. The van der Waals surface area contributed by atoms with Gasteiger partial charge in [-0.2, -0.15) is 0 Å². The van der Waals surface area contributed by atoms with Crippen LogP contribution in [0.25, 0.3) is 21.6 Å². The van der Waals surface area contributed by atoms with Gasteiger partial charge in [-0.05, 0) is 47.4 Å². The van der Waals surface area contributed by atoms with E-state index in [-0.39, 0.29) is 0 Å². The van der Waals surface area contributed by atoms with Crippen molar-refractivity contribution in [3.8, 4) is 27.3 Å². The van der Waals surface area contributed by atoms with Crippen molar-refractivity contribution in [2.45, 2.75) is 20.0 Å². The Bertz CT molecular complexity index is 1320. The van der Waals surface area contributed by atoms with E-state index in [1.54, 1.807) is 20.7 Å². The zero-order chi connectivity index (χ0) is 23.5. The van der Waals surface area contributed by atoms with Crippen molar-refractivity contribution in [2.24, 2.45) is 0 Å². The molecule has 0 saturated carbocycles. The number of aromatic hydroxyl groups is 1. The van der Waals surface area contributed by atoms with Crippen LogP contribution in [0.1, 0.15) is 16.7 Å². The van der Waals surface area contributed by atoms with Crippen LogP contribution < -0.4 is 0 Å². The Morgan fingerprint density at radius 2 is 1.41 bits per heavy atom. The lowest BCUT2D eigenvalue weighted by Gasteiger charge is -2.35. The van der Waals surface area contributed by atoms with Gasteiger partial charge >= 0.3 is 0 Å². The minimum Gasteiger partial charge on any atom is -0.508 e. The Hall–Kier alpha value is -2.35. The molecule has 3 aromatic carbocycles. The molecule has 4 aromatic rings. The zero-order valence-electron chi connectivity index (χ0n) is 19.2. The van der Waals surface area contributed by atoms with E-state index in [9.17, 15) is 5.11 Å². The smallest absolute Gasteiger partial charge is 0.120 e. The van der Waals surface area contributed by atoms with E-state index in [1.807, 2.05) is 18.2 Å². The summed E-state index contributed by atoms with van der Waals surface area (Å²) in [7, 11) is 3.37. The fraction of sp³-hybridized carbons (Fsp3) is 0.250. The van der Waals surface area contributed by atoms with Crippen molar-refractivity contribution in [3.05, 3.63) is 93.3 Å². The molecule has 1 N–H and O–H groups in total. The van der Waals surface area contributed by atoms with Crippen LogP contribution in [0.5, 0.6) is 5.75 Å². The van der Waals surface area contributed by atoms with Gasteiger partial charge in [-0.3, -0.25) is 9.80 Å². The highest BCUT2D eigenvalue weighted by Crippen LogP contribution is 2.42. The summed E-state index contributed by atoms with van der Waals surface area (Å²) in [5.74, 6) is 0.367. The zero-order valence-corrected chi connectivity index (χ0v) is 21.7. The van der Waals surface area contributed by atoms with Crippen LogP contribution in [0.3, 0.4) is 0 Å². The lowest BCUT2D eigenvalue weighted by atomic mass is 10.0. The number of hydrogen-bond acceptors (Lipinski definition) is 6. The third kappa shape index (κ3) is 5.16. The highest BCUT2D eigenvalue weighted by molar-refractivity contribution is 7.80. The molecule has 0 atom stereocenters. The van der Waals surface area contributed by atoms with E-state index in [4.69, 9.17) is 12.2 Å². The highest BCUT2D eigenvalue weighted by atomic mass is 32.9. The molecule has 1 saturated heterocycles. The summed E-state index contributed by atoms with van der Waals surface area (Å²) in [6, 6.07) is 25.0. The molecule has 1 fully saturated rings. The highest BCUT2D eigenvalue weighted by Gasteiger charge is 2.20. The SMILES string of the molecule is Cc1ccccc1CN1CCN(Cc2cc(-c3ssc(=S)c3-c3ccccc3)ccc2O)CC1. The number of rotatable bonds is 6. The van der Waals surface area contributed by atoms with Gasteiger partial charge in [0, 0.05) is 50.4 Å².